The molecule has 1 N–H and O–H groups in total. The van der Waals surface area contributed by atoms with Gasteiger partial charge in [0.05, 0.1) is 32.0 Å². The van der Waals surface area contributed by atoms with Crippen molar-refractivity contribution in [2.45, 2.75) is 25.8 Å². The third-order valence-electron chi connectivity index (χ3n) is 4.54. The van der Waals surface area contributed by atoms with E-state index in [-0.39, 0.29) is 24.2 Å². The lowest BCUT2D eigenvalue weighted by Gasteiger charge is -2.14. The summed E-state index contributed by atoms with van der Waals surface area (Å²) in [5.41, 5.74) is 1.59. The first-order valence-electron chi connectivity index (χ1n) is 9.22. The van der Waals surface area contributed by atoms with Gasteiger partial charge in [-0.25, -0.2) is 9.37 Å². The minimum atomic E-state index is -0.305. The van der Waals surface area contributed by atoms with Crippen LogP contribution in [-0.4, -0.2) is 25.1 Å². The number of amides is 1. The maximum atomic E-state index is 13.0. The number of carbonyl (C=O) groups is 1. The van der Waals surface area contributed by atoms with E-state index in [4.69, 9.17) is 13.9 Å². The standard InChI is InChI=1S/C22H23FN2O4/c1-14(15-4-6-16(23)7-5-15)25-21(26)10-11-22-24-13-20(29-22)18-9-8-17(27-2)12-19(18)28-3/h4-9,12-14H,10-11H2,1-3H3,(H,25,26). The van der Waals surface area contributed by atoms with Gasteiger partial charge in [0.25, 0.3) is 0 Å². The van der Waals surface area contributed by atoms with Crippen molar-refractivity contribution >= 4 is 5.91 Å². The van der Waals surface area contributed by atoms with Crippen LogP contribution < -0.4 is 14.8 Å². The van der Waals surface area contributed by atoms with Gasteiger partial charge in [0, 0.05) is 18.9 Å². The van der Waals surface area contributed by atoms with Crippen LogP contribution in [0, 0.1) is 5.82 Å². The Hall–Kier alpha value is -3.35. The maximum absolute atomic E-state index is 13.0. The van der Waals surface area contributed by atoms with Gasteiger partial charge in [-0.1, -0.05) is 12.1 Å². The van der Waals surface area contributed by atoms with Gasteiger partial charge >= 0.3 is 0 Å². The van der Waals surface area contributed by atoms with Crippen molar-refractivity contribution in [2.75, 3.05) is 14.2 Å². The SMILES string of the molecule is COc1ccc(-c2cnc(CCC(=O)NC(C)c3ccc(F)cc3)o2)c(OC)c1. The minimum Gasteiger partial charge on any atom is -0.497 e. The van der Waals surface area contributed by atoms with E-state index in [1.165, 1.54) is 12.1 Å². The fourth-order valence-corrected chi connectivity index (χ4v) is 2.92. The lowest BCUT2D eigenvalue weighted by Crippen LogP contribution is -2.26. The van der Waals surface area contributed by atoms with Crippen LogP contribution in [0.3, 0.4) is 0 Å². The number of nitrogens with zero attached hydrogens (tertiary/aromatic N) is 1. The molecule has 1 amide bonds. The lowest BCUT2D eigenvalue weighted by atomic mass is 10.1. The highest BCUT2D eigenvalue weighted by Crippen LogP contribution is 2.33. The second-order valence-corrected chi connectivity index (χ2v) is 6.53. The number of hydrogen-bond donors (Lipinski definition) is 1. The molecule has 0 saturated carbocycles. The van der Waals surface area contributed by atoms with Crippen molar-refractivity contribution in [1.82, 2.24) is 10.3 Å². The molecule has 0 spiro atoms. The molecule has 152 valence electrons. The molecule has 0 bridgehead atoms. The van der Waals surface area contributed by atoms with Crippen molar-refractivity contribution in [3.63, 3.8) is 0 Å². The third-order valence-corrected chi connectivity index (χ3v) is 4.54. The van der Waals surface area contributed by atoms with E-state index in [0.29, 0.717) is 29.6 Å². The molecule has 1 unspecified atom stereocenters. The van der Waals surface area contributed by atoms with Gasteiger partial charge in [0.15, 0.2) is 11.7 Å². The number of nitrogens with one attached hydrogen (secondary N) is 1. The number of carbonyl (C=O) groups excluding carboxylic acids is 1. The Morgan fingerprint density at radius 1 is 1.17 bits per heavy atom. The first-order valence-corrected chi connectivity index (χ1v) is 9.22. The Morgan fingerprint density at radius 2 is 1.93 bits per heavy atom. The summed E-state index contributed by atoms with van der Waals surface area (Å²) in [6.45, 7) is 1.85. The molecule has 1 aromatic heterocycles. The highest BCUT2D eigenvalue weighted by atomic mass is 19.1. The molecule has 0 aliphatic rings. The van der Waals surface area contributed by atoms with Gasteiger partial charge in [-0.15, -0.1) is 0 Å². The fraction of sp³-hybridized carbons (Fsp3) is 0.273. The molecule has 29 heavy (non-hydrogen) atoms. The summed E-state index contributed by atoms with van der Waals surface area (Å²) in [5, 5.41) is 2.89. The number of aryl methyl sites for hydroxylation is 1. The molecule has 3 rings (SSSR count). The molecule has 0 aliphatic carbocycles. The van der Waals surface area contributed by atoms with E-state index in [1.807, 2.05) is 19.1 Å². The van der Waals surface area contributed by atoms with E-state index in [0.717, 1.165) is 11.1 Å². The lowest BCUT2D eigenvalue weighted by molar-refractivity contribution is -0.121. The third kappa shape index (κ3) is 5.13. The molecule has 6 nitrogen and oxygen atoms in total. The second-order valence-electron chi connectivity index (χ2n) is 6.53. The average Bonchev–Trinajstić information content (AvgIpc) is 3.21. The predicted molar refractivity (Wildman–Crippen MR) is 106 cm³/mol. The number of halogens is 1. The van der Waals surface area contributed by atoms with Crippen LogP contribution >= 0.6 is 0 Å². The number of benzene rings is 2. The molecule has 0 fully saturated rings. The number of rotatable bonds is 8. The summed E-state index contributed by atoms with van der Waals surface area (Å²) in [6.07, 6.45) is 2.20. The Balaban J connectivity index is 1.59. The van der Waals surface area contributed by atoms with Crippen LogP contribution in [0.15, 0.2) is 53.1 Å². The zero-order chi connectivity index (χ0) is 20.8. The first kappa shape index (κ1) is 20.4. The van der Waals surface area contributed by atoms with Crippen molar-refractivity contribution in [3.8, 4) is 22.8 Å². The zero-order valence-electron chi connectivity index (χ0n) is 16.6. The monoisotopic (exact) mass is 398 g/mol. The number of hydrogen-bond acceptors (Lipinski definition) is 5. The Morgan fingerprint density at radius 3 is 2.62 bits per heavy atom. The Kier molecular flexibility index (Phi) is 6.49. The molecule has 0 saturated heterocycles. The molecule has 0 radical (unpaired) electrons. The number of oxazole rings is 1. The van der Waals surface area contributed by atoms with Gasteiger partial charge in [-0.05, 0) is 36.8 Å². The van der Waals surface area contributed by atoms with Crippen LogP contribution in [0.25, 0.3) is 11.3 Å². The summed E-state index contributed by atoms with van der Waals surface area (Å²) in [7, 11) is 3.16. The summed E-state index contributed by atoms with van der Waals surface area (Å²) in [4.78, 5) is 16.5. The van der Waals surface area contributed by atoms with Crippen molar-refractivity contribution in [3.05, 3.63) is 65.9 Å². The van der Waals surface area contributed by atoms with Crippen LogP contribution in [0.5, 0.6) is 11.5 Å². The predicted octanol–water partition coefficient (Wildman–Crippen LogP) is 4.31. The van der Waals surface area contributed by atoms with E-state index in [9.17, 15) is 9.18 Å². The van der Waals surface area contributed by atoms with Crippen LogP contribution in [0.1, 0.15) is 30.8 Å². The summed E-state index contributed by atoms with van der Waals surface area (Å²) in [6, 6.07) is 11.3. The molecular weight excluding hydrogens is 375 g/mol. The molecule has 3 aromatic rings. The maximum Gasteiger partial charge on any atom is 0.220 e. The van der Waals surface area contributed by atoms with Gasteiger partial charge in [-0.2, -0.15) is 0 Å². The smallest absolute Gasteiger partial charge is 0.220 e. The van der Waals surface area contributed by atoms with Gasteiger partial charge < -0.3 is 19.2 Å². The van der Waals surface area contributed by atoms with Crippen LogP contribution in [0.4, 0.5) is 4.39 Å². The molecule has 2 aromatic carbocycles. The molecule has 7 heteroatoms. The average molecular weight is 398 g/mol. The van der Waals surface area contributed by atoms with E-state index in [2.05, 4.69) is 10.3 Å². The normalized spacial score (nSPS) is 11.7. The van der Waals surface area contributed by atoms with E-state index >= 15 is 0 Å². The Labute approximate surface area is 168 Å². The number of methoxy groups -OCH3 is 2. The largest absolute Gasteiger partial charge is 0.497 e. The highest BCUT2D eigenvalue weighted by molar-refractivity contribution is 5.76. The topological polar surface area (TPSA) is 73.6 Å². The van der Waals surface area contributed by atoms with Crippen molar-refractivity contribution in [2.24, 2.45) is 0 Å². The van der Waals surface area contributed by atoms with Gasteiger partial charge in [-0.3, -0.25) is 4.79 Å². The summed E-state index contributed by atoms with van der Waals surface area (Å²) < 4.78 is 29.4. The van der Waals surface area contributed by atoms with Crippen LogP contribution in [-0.2, 0) is 11.2 Å². The van der Waals surface area contributed by atoms with Gasteiger partial charge in [0.1, 0.15) is 17.3 Å². The molecule has 0 aliphatic heterocycles. The second kappa shape index (κ2) is 9.23. The van der Waals surface area contributed by atoms with Gasteiger partial charge in [0.2, 0.25) is 5.91 Å². The van der Waals surface area contributed by atoms with Crippen molar-refractivity contribution in [1.29, 1.82) is 0 Å². The zero-order valence-corrected chi connectivity index (χ0v) is 16.6. The minimum absolute atomic E-state index is 0.136. The summed E-state index contributed by atoms with van der Waals surface area (Å²) >= 11 is 0. The van der Waals surface area contributed by atoms with Crippen LogP contribution in [0.2, 0.25) is 0 Å². The molecular formula is C22H23FN2O4. The first-order chi connectivity index (χ1) is 14.0. The Bertz CT molecular complexity index is 969. The number of ether oxygens (including phenoxy) is 2. The quantitative estimate of drug-likeness (QED) is 0.612. The number of aromatic nitrogens is 1. The molecule has 1 heterocycles. The fourth-order valence-electron chi connectivity index (χ4n) is 2.92. The molecule has 1 atom stereocenters. The van der Waals surface area contributed by atoms with E-state index < -0.39 is 0 Å². The van der Waals surface area contributed by atoms with Crippen molar-refractivity contribution < 1.29 is 23.1 Å². The summed E-state index contributed by atoms with van der Waals surface area (Å²) in [5.74, 6) is 1.86. The van der Waals surface area contributed by atoms with E-state index in [1.54, 1.807) is 38.6 Å². The highest BCUT2D eigenvalue weighted by Gasteiger charge is 2.15.